The molecule has 5 aromatic rings. The number of nitrogens with one attached hydrogen (secondary N) is 1. The number of rotatable bonds is 15. The first kappa shape index (κ1) is 35.2. The highest BCUT2D eigenvalue weighted by atomic mass is 16.5. The Labute approximate surface area is 289 Å². The van der Waals surface area contributed by atoms with E-state index >= 15 is 0 Å². The van der Waals surface area contributed by atoms with Gasteiger partial charge in [-0.05, 0) is 73.5 Å². The van der Waals surface area contributed by atoms with Crippen molar-refractivity contribution in [1.29, 1.82) is 0 Å². The van der Waals surface area contributed by atoms with Crippen molar-refractivity contribution in [2.24, 2.45) is 23.5 Å². The third-order valence-electron chi connectivity index (χ3n) is 7.91. The standard InChI is InChI=1S/C37H40N8O5/c1-3-49-34(46)18-20-45(32-11-7-8-19-40-32)36(47)27-14-17-31-30(22-27)43-33(44(31)2)23-41-28-15-12-26(13-16-28)35(39)42-24-50-37(48)29(38)21-25-9-5-4-6-10-25/h4-17,19,22,29,41H,3,18,20-21,23-24,38H2,1-2H3,(H2,39,42). The van der Waals surface area contributed by atoms with E-state index in [-0.39, 0.29) is 44.0 Å². The first-order chi connectivity index (χ1) is 24.2. The molecule has 0 fully saturated rings. The second-order valence-electron chi connectivity index (χ2n) is 11.4. The molecule has 0 aliphatic rings. The Bertz CT molecular complexity index is 1950. The van der Waals surface area contributed by atoms with Crippen molar-refractivity contribution in [2.45, 2.75) is 32.4 Å². The van der Waals surface area contributed by atoms with Crippen LogP contribution in [0.2, 0.25) is 0 Å². The Morgan fingerprint density at radius 1 is 0.960 bits per heavy atom. The summed E-state index contributed by atoms with van der Waals surface area (Å²) in [6.45, 7) is 2.31. The summed E-state index contributed by atoms with van der Waals surface area (Å²) in [6.07, 6.45) is 2.01. The van der Waals surface area contributed by atoms with Gasteiger partial charge in [0.2, 0.25) is 0 Å². The lowest BCUT2D eigenvalue weighted by Crippen LogP contribution is -2.34. The summed E-state index contributed by atoms with van der Waals surface area (Å²) in [7, 11) is 1.91. The van der Waals surface area contributed by atoms with Crippen LogP contribution in [0.5, 0.6) is 0 Å². The molecule has 0 bridgehead atoms. The average Bonchev–Trinajstić information content (AvgIpc) is 3.45. The van der Waals surface area contributed by atoms with Gasteiger partial charge in [0.25, 0.3) is 5.91 Å². The number of aliphatic imine (C=N–C) groups is 1. The van der Waals surface area contributed by atoms with Crippen LogP contribution in [0.1, 0.15) is 40.7 Å². The van der Waals surface area contributed by atoms with Gasteiger partial charge in [0, 0.05) is 36.6 Å². The van der Waals surface area contributed by atoms with Gasteiger partial charge in [0.1, 0.15) is 23.5 Å². The maximum Gasteiger partial charge on any atom is 0.325 e. The average molecular weight is 677 g/mol. The molecule has 50 heavy (non-hydrogen) atoms. The molecule has 0 saturated heterocycles. The van der Waals surface area contributed by atoms with Gasteiger partial charge in [-0.2, -0.15) is 0 Å². The second-order valence-corrected chi connectivity index (χ2v) is 11.4. The molecule has 0 saturated carbocycles. The molecule has 0 spiro atoms. The predicted octanol–water partition coefficient (Wildman–Crippen LogP) is 3.96. The van der Waals surface area contributed by atoms with Gasteiger partial charge in [0.15, 0.2) is 6.73 Å². The number of imidazole rings is 1. The van der Waals surface area contributed by atoms with Crippen LogP contribution in [0.25, 0.3) is 11.0 Å². The van der Waals surface area contributed by atoms with Crippen LogP contribution in [0, 0.1) is 0 Å². The molecular formula is C37H40N8O5. The Morgan fingerprint density at radius 3 is 2.42 bits per heavy atom. The zero-order chi connectivity index (χ0) is 35.5. The lowest BCUT2D eigenvalue weighted by Gasteiger charge is -2.21. The van der Waals surface area contributed by atoms with Gasteiger partial charge in [-0.15, -0.1) is 0 Å². The molecule has 2 heterocycles. The van der Waals surface area contributed by atoms with Crippen molar-refractivity contribution in [3.8, 4) is 0 Å². The van der Waals surface area contributed by atoms with E-state index in [1.807, 2.05) is 72.3 Å². The zero-order valence-corrected chi connectivity index (χ0v) is 28.0. The SMILES string of the molecule is CCOC(=O)CCN(C(=O)c1ccc2c(c1)nc(CNc1ccc(/C(N)=N/COC(=O)C(N)Cc3ccccc3)cc1)n2C)c1ccccn1. The molecule has 0 radical (unpaired) electrons. The van der Waals surface area contributed by atoms with Crippen LogP contribution >= 0.6 is 0 Å². The van der Waals surface area contributed by atoms with Gasteiger partial charge in [-0.3, -0.25) is 19.3 Å². The number of benzene rings is 3. The highest BCUT2D eigenvalue weighted by Gasteiger charge is 2.22. The van der Waals surface area contributed by atoms with E-state index in [2.05, 4.69) is 15.3 Å². The van der Waals surface area contributed by atoms with E-state index in [1.165, 1.54) is 4.90 Å². The van der Waals surface area contributed by atoms with Crippen molar-refractivity contribution < 1.29 is 23.9 Å². The normalized spacial score (nSPS) is 11.9. The fourth-order valence-corrected chi connectivity index (χ4v) is 5.22. The fraction of sp³-hybridized carbons (Fsp3) is 0.243. The largest absolute Gasteiger partial charge is 0.466 e. The Morgan fingerprint density at radius 2 is 1.70 bits per heavy atom. The maximum absolute atomic E-state index is 13.7. The van der Waals surface area contributed by atoms with Crippen LogP contribution in [0.3, 0.4) is 0 Å². The summed E-state index contributed by atoms with van der Waals surface area (Å²) >= 11 is 0. The number of hydrogen-bond donors (Lipinski definition) is 3. The topological polar surface area (TPSA) is 180 Å². The number of fused-ring (bicyclic) bond motifs is 1. The smallest absolute Gasteiger partial charge is 0.325 e. The molecule has 0 aliphatic carbocycles. The van der Waals surface area contributed by atoms with Gasteiger partial charge in [-0.25, -0.2) is 15.0 Å². The van der Waals surface area contributed by atoms with Gasteiger partial charge in [0.05, 0.1) is 30.6 Å². The fourth-order valence-electron chi connectivity index (χ4n) is 5.22. The van der Waals surface area contributed by atoms with Crippen LogP contribution < -0.4 is 21.7 Å². The summed E-state index contributed by atoms with van der Waals surface area (Å²) in [6, 6.07) is 26.6. The number of nitrogens with two attached hydrogens (primary N) is 2. The number of amides is 1. The first-order valence-electron chi connectivity index (χ1n) is 16.2. The number of hydrogen-bond acceptors (Lipinski definition) is 10. The van der Waals surface area contributed by atoms with Crippen molar-refractivity contribution >= 4 is 46.2 Å². The summed E-state index contributed by atoms with van der Waals surface area (Å²) in [5.41, 5.74) is 16.5. The number of anilines is 2. The van der Waals surface area contributed by atoms with Crippen molar-refractivity contribution in [3.63, 3.8) is 0 Å². The molecular weight excluding hydrogens is 636 g/mol. The van der Waals surface area contributed by atoms with Gasteiger partial charge >= 0.3 is 11.9 Å². The monoisotopic (exact) mass is 676 g/mol. The Balaban J connectivity index is 1.18. The number of carbonyl (C=O) groups excluding carboxylic acids is 3. The van der Waals surface area contributed by atoms with E-state index in [0.29, 0.717) is 35.4 Å². The van der Waals surface area contributed by atoms with Crippen LogP contribution in [-0.2, 0) is 39.1 Å². The molecule has 13 nitrogen and oxygen atoms in total. The Hall–Kier alpha value is -6.08. The van der Waals surface area contributed by atoms with E-state index in [4.69, 9.17) is 25.9 Å². The molecule has 5 N–H and O–H groups in total. The van der Waals surface area contributed by atoms with Gasteiger partial charge in [-0.1, -0.05) is 36.4 Å². The molecule has 0 aliphatic heterocycles. The maximum atomic E-state index is 13.7. The number of aryl methyl sites for hydroxylation is 1. The number of nitrogens with zero attached hydrogens (tertiary/aromatic N) is 5. The van der Waals surface area contributed by atoms with Crippen LogP contribution in [0.4, 0.5) is 11.5 Å². The lowest BCUT2D eigenvalue weighted by molar-refractivity contribution is -0.145. The van der Waals surface area contributed by atoms with Crippen molar-refractivity contribution in [2.75, 3.05) is 30.1 Å². The number of pyridine rings is 1. The summed E-state index contributed by atoms with van der Waals surface area (Å²) in [5, 5.41) is 3.36. The van der Waals surface area contributed by atoms with E-state index in [9.17, 15) is 14.4 Å². The zero-order valence-electron chi connectivity index (χ0n) is 28.0. The van der Waals surface area contributed by atoms with Crippen LogP contribution in [-0.4, -0.2) is 64.1 Å². The van der Waals surface area contributed by atoms with E-state index < -0.39 is 12.0 Å². The van der Waals surface area contributed by atoms with E-state index in [0.717, 1.165) is 22.6 Å². The minimum atomic E-state index is -0.795. The summed E-state index contributed by atoms with van der Waals surface area (Å²) < 4.78 is 12.2. The van der Waals surface area contributed by atoms with Crippen LogP contribution in [0.15, 0.2) is 102 Å². The predicted molar refractivity (Wildman–Crippen MR) is 191 cm³/mol. The molecule has 3 aromatic carbocycles. The number of amidine groups is 1. The molecule has 1 amide bonds. The molecule has 5 rings (SSSR count). The van der Waals surface area contributed by atoms with Crippen molar-refractivity contribution in [3.05, 3.63) is 120 Å². The third-order valence-corrected chi connectivity index (χ3v) is 7.91. The number of esters is 2. The lowest BCUT2D eigenvalue weighted by atomic mass is 10.1. The third kappa shape index (κ3) is 9.08. The quantitative estimate of drug-likeness (QED) is 0.0835. The summed E-state index contributed by atoms with van der Waals surface area (Å²) in [5.74, 6) is 0.188. The minimum absolute atomic E-state index is 0.0400. The minimum Gasteiger partial charge on any atom is -0.466 e. The first-order valence-corrected chi connectivity index (χ1v) is 16.2. The second kappa shape index (κ2) is 16.8. The number of ether oxygens (including phenoxy) is 2. The summed E-state index contributed by atoms with van der Waals surface area (Å²) in [4.78, 5) is 52.7. The molecule has 258 valence electrons. The number of aromatic nitrogens is 3. The highest BCUT2D eigenvalue weighted by Crippen LogP contribution is 2.21. The number of carbonyl (C=O) groups is 3. The van der Waals surface area contributed by atoms with Crippen molar-refractivity contribution in [1.82, 2.24) is 14.5 Å². The molecule has 1 atom stereocenters. The molecule has 1 unspecified atom stereocenters. The Kier molecular flexibility index (Phi) is 11.9. The molecule has 2 aromatic heterocycles. The van der Waals surface area contributed by atoms with E-state index in [1.54, 1.807) is 43.5 Å². The van der Waals surface area contributed by atoms with Gasteiger partial charge < -0.3 is 30.8 Å². The highest BCUT2D eigenvalue weighted by molar-refractivity contribution is 6.07. The molecule has 13 heteroatoms.